The molecule has 5 nitrogen and oxygen atoms in total. The van der Waals surface area contributed by atoms with Crippen LogP contribution in [0.2, 0.25) is 0 Å². The van der Waals surface area contributed by atoms with Crippen molar-refractivity contribution < 1.29 is 18.7 Å². The Kier molecular flexibility index (Phi) is 4.38. The van der Waals surface area contributed by atoms with E-state index in [4.69, 9.17) is 0 Å². The number of hydrogen-bond donors (Lipinski definition) is 1. The Labute approximate surface area is 132 Å². The Morgan fingerprint density at radius 3 is 3.04 bits per heavy atom. The minimum atomic E-state index is -0.798. The van der Waals surface area contributed by atoms with Crippen molar-refractivity contribution in [1.29, 1.82) is 0 Å². The van der Waals surface area contributed by atoms with Crippen molar-refractivity contribution in [2.24, 2.45) is 0 Å². The Balaban J connectivity index is 1.95. The van der Waals surface area contributed by atoms with Crippen molar-refractivity contribution in [3.8, 4) is 0 Å². The lowest BCUT2D eigenvalue weighted by molar-refractivity contribution is 0.0986. The van der Waals surface area contributed by atoms with Gasteiger partial charge >= 0.3 is 0 Å². The lowest BCUT2D eigenvalue weighted by Gasteiger charge is -2.22. The molecule has 0 aliphatic carbocycles. The van der Waals surface area contributed by atoms with Crippen LogP contribution >= 0.6 is 0 Å². The number of aliphatic hydroxyl groups excluding tert-OH is 1. The molecule has 122 valence electrons. The van der Waals surface area contributed by atoms with Gasteiger partial charge in [-0.25, -0.2) is 8.78 Å². The second-order valence-corrected chi connectivity index (χ2v) is 5.50. The fourth-order valence-electron chi connectivity index (χ4n) is 2.81. The molecular formula is C16H17F2N3O2. The molecule has 0 spiro atoms. The monoisotopic (exact) mass is 321 g/mol. The van der Waals surface area contributed by atoms with E-state index in [1.807, 2.05) is 0 Å². The number of fused-ring (bicyclic) bond motifs is 1. The van der Waals surface area contributed by atoms with Crippen LogP contribution in [0.5, 0.6) is 0 Å². The summed E-state index contributed by atoms with van der Waals surface area (Å²) in [6.45, 7) is -0.0517. The summed E-state index contributed by atoms with van der Waals surface area (Å²) in [7, 11) is 0. The van der Waals surface area contributed by atoms with Crippen molar-refractivity contribution in [3.05, 3.63) is 47.5 Å². The topological polar surface area (TPSA) is 58.4 Å². The summed E-state index contributed by atoms with van der Waals surface area (Å²) in [5.41, 5.74) is 1.25. The molecule has 1 amide bonds. The lowest BCUT2D eigenvalue weighted by Crippen LogP contribution is -2.31. The van der Waals surface area contributed by atoms with Gasteiger partial charge in [-0.3, -0.25) is 9.48 Å². The molecule has 0 bridgehead atoms. The van der Waals surface area contributed by atoms with Gasteiger partial charge in [-0.2, -0.15) is 5.10 Å². The second-order valence-electron chi connectivity index (χ2n) is 5.50. The fraction of sp³-hybridized carbons (Fsp3) is 0.375. The number of amides is 1. The molecule has 23 heavy (non-hydrogen) atoms. The number of anilines is 1. The van der Waals surface area contributed by atoms with Crippen molar-refractivity contribution in [3.63, 3.8) is 0 Å². The first-order chi connectivity index (χ1) is 11.1. The highest BCUT2D eigenvalue weighted by molar-refractivity contribution is 6.06. The summed E-state index contributed by atoms with van der Waals surface area (Å²) in [4.78, 5) is 14.2. The molecule has 3 rings (SSSR count). The highest BCUT2D eigenvalue weighted by atomic mass is 19.1. The zero-order valence-corrected chi connectivity index (χ0v) is 12.5. The predicted molar refractivity (Wildman–Crippen MR) is 80.5 cm³/mol. The molecule has 1 N–H and O–H groups in total. The molecule has 7 heteroatoms. The third-order valence-electron chi connectivity index (χ3n) is 3.94. The van der Waals surface area contributed by atoms with Gasteiger partial charge in [0.15, 0.2) is 0 Å². The molecular weight excluding hydrogens is 304 g/mol. The average Bonchev–Trinajstić information content (AvgIpc) is 2.94. The molecule has 1 aromatic carbocycles. The van der Waals surface area contributed by atoms with Gasteiger partial charge < -0.3 is 10.0 Å². The van der Waals surface area contributed by atoms with Gasteiger partial charge in [-0.05, 0) is 31.0 Å². The van der Waals surface area contributed by atoms with Gasteiger partial charge in [-0.1, -0.05) is 0 Å². The largest absolute Gasteiger partial charge is 0.388 e. The average molecular weight is 321 g/mol. The number of benzene rings is 1. The van der Waals surface area contributed by atoms with Crippen LogP contribution in [0, 0.1) is 5.82 Å². The van der Waals surface area contributed by atoms with E-state index in [1.54, 1.807) is 0 Å². The fourth-order valence-corrected chi connectivity index (χ4v) is 2.81. The lowest BCUT2D eigenvalue weighted by atomic mass is 10.0. The van der Waals surface area contributed by atoms with Gasteiger partial charge in [0.05, 0.1) is 24.4 Å². The van der Waals surface area contributed by atoms with Crippen LogP contribution in [0.1, 0.15) is 34.9 Å². The third kappa shape index (κ3) is 3.10. The van der Waals surface area contributed by atoms with E-state index in [1.165, 1.54) is 40.2 Å². The zero-order valence-electron chi connectivity index (χ0n) is 12.5. The number of alkyl halides is 1. The van der Waals surface area contributed by atoms with Crippen LogP contribution in [-0.2, 0) is 6.54 Å². The van der Waals surface area contributed by atoms with Crippen molar-refractivity contribution in [1.82, 2.24) is 9.78 Å². The molecule has 0 unspecified atom stereocenters. The molecule has 0 saturated heterocycles. The smallest absolute Gasteiger partial charge is 0.261 e. The first-order valence-corrected chi connectivity index (χ1v) is 7.48. The molecule has 1 aliphatic rings. The SMILES string of the molecule is O=C(c1cnn(CCF)c1)N1CCC[C@H](O)c2cc(F)ccc21. The Morgan fingerprint density at radius 1 is 1.43 bits per heavy atom. The van der Waals surface area contributed by atoms with Crippen molar-refractivity contribution >= 4 is 11.6 Å². The molecule has 0 saturated carbocycles. The van der Waals surface area contributed by atoms with E-state index in [2.05, 4.69) is 5.10 Å². The molecule has 2 aromatic rings. The molecule has 2 heterocycles. The summed E-state index contributed by atoms with van der Waals surface area (Å²) in [6, 6.07) is 4.03. The van der Waals surface area contributed by atoms with E-state index in [0.29, 0.717) is 36.2 Å². The van der Waals surface area contributed by atoms with Gasteiger partial charge in [0.25, 0.3) is 5.91 Å². The first-order valence-electron chi connectivity index (χ1n) is 7.48. The maximum atomic E-state index is 13.5. The van der Waals surface area contributed by atoms with Gasteiger partial charge in [-0.15, -0.1) is 0 Å². The summed E-state index contributed by atoms with van der Waals surface area (Å²) in [5, 5.41) is 14.1. The van der Waals surface area contributed by atoms with E-state index < -0.39 is 18.6 Å². The van der Waals surface area contributed by atoms with Crippen molar-refractivity contribution in [2.75, 3.05) is 18.1 Å². The van der Waals surface area contributed by atoms with Crippen LogP contribution in [0.25, 0.3) is 0 Å². The highest BCUT2D eigenvalue weighted by Gasteiger charge is 2.27. The number of carbonyl (C=O) groups excluding carboxylic acids is 1. The molecule has 0 radical (unpaired) electrons. The number of halogens is 2. The number of aromatic nitrogens is 2. The molecule has 1 aliphatic heterocycles. The molecule has 0 fully saturated rings. The first kappa shape index (κ1) is 15.6. The van der Waals surface area contributed by atoms with E-state index >= 15 is 0 Å². The van der Waals surface area contributed by atoms with Crippen LogP contribution in [0.3, 0.4) is 0 Å². The van der Waals surface area contributed by atoms with Gasteiger partial charge in [0.2, 0.25) is 0 Å². The zero-order chi connectivity index (χ0) is 16.4. The molecule has 1 aromatic heterocycles. The van der Waals surface area contributed by atoms with E-state index in [9.17, 15) is 18.7 Å². The standard InChI is InChI=1S/C16H17F2N3O2/c17-5-7-20-10-11(9-19-20)16(23)21-6-1-2-15(22)13-8-12(18)3-4-14(13)21/h3-4,8-10,15,22H,1-2,5-7H2/t15-/m0/s1. The number of nitrogens with zero attached hydrogens (tertiary/aromatic N) is 3. The van der Waals surface area contributed by atoms with Crippen LogP contribution < -0.4 is 4.90 Å². The number of rotatable bonds is 3. The number of aliphatic hydroxyl groups is 1. The van der Waals surface area contributed by atoms with Crippen LogP contribution in [0.15, 0.2) is 30.6 Å². The normalized spacial score (nSPS) is 17.7. The van der Waals surface area contributed by atoms with E-state index in [0.717, 1.165) is 0 Å². The number of aryl methyl sites for hydroxylation is 1. The Hall–Kier alpha value is -2.28. The minimum absolute atomic E-state index is 0.0911. The highest BCUT2D eigenvalue weighted by Crippen LogP contribution is 2.34. The maximum absolute atomic E-state index is 13.5. The Bertz CT molecular complexity index is 717. The quantitative estimate of drug-likeness (QED) is 0.945. The number of carbonyl (C=O) groups is 1. The second kappa shape index (κ2) is 6.45. The summed E-state index contributed by atoms with van der Waals surface area (Å²) >= 11 is 0. The van der Waals surface area contributed by atoms with Gasteiger partial charge in [0.1, 0.15) is 12.5 Å². The number of hydrogen-bond acceptors (Lipinski definition) is 3. The van der Waals surface area contributed by atoms with Crippen LogP contribution in [0.4, 0.5) is 14.5 Å². The van der Waals surface area contributed by atoms with E-state index in [-0.39, 0.29) is 12.5 Å². The minimum Gasteiger partial charge on any atom is -0.388 e. The van der Waals surface area contributed by atoms with Gasteiger partial charge in [0, 0.05) is 24.0 Å². The third-order valence-corrected chi connectivity index (χ3v) is 3.94. The van der Waals surface area contributed by atoms with Crippen LogP contribution in [-0.4, -0.2) is 34.0 Å². The maximum Gasteiger partial charge on any atom is 0.261 e. The Morgan fingerprint density at radius 2 is 2.26 bits per heavy atom. The summed E-state index contributed by atoms with van der Waals surface area (Å²) in [5.74, 6) is -0.745. The summed E-state index contributed by atoms with van der Waals surface area (Å²) in [6.07, 6.45) is 3.14. The molecule has 1 atom stereocenters. The summed E-state index contributed by atoms with van der Waals surface area (Å²) < 4.78 is 27.2. The predicted octanol–water partition coefficient (Wildman–Crippen LogP) is 2.47. The van der Waals surface area contributed by atoms with Crippen molar-refractivity contribution in [2.45, 2.75) is 25.5 Å².